The molecule has 11 heteroatoms. The molecule has 39 heavy (non-hydrogen) atoms. The molecule has 3 rings (SSSR count). The highest BCUT2D eigenvalue weighted by Crippen LogP contribution is 2.31. The summed E-state index contributed by atoms with van der Waals surface area (Å²) in [5, 5.41) is 3.84. The first kappa shape index (κ1) is 30.8. The van der Waals surface area contributed by atoms with Crippen molar-refractivity contribution in [3.05, 3.63) is 92.9 Å². The van der Waals surface area contributed by atoms with E-state index in [0.717, 1.165) is 4.31 Å². The quantitative estimate of drug-likeness (QED) is 0.285. The fourth-order valence-corrected chi connectivity index (χ4v) is 6.44. The van der Waals surface area contributed by atoms with E-state index < -0.39 is 28.5 Å². The number of aryl methyl sites for hydroxylation is 1. The molecule has 0 spiro atoms. The van der Waals surface area contributed by atoms with Gasteiger partial charge in [0.25, 0.3) is 10.0 Å². The van der Waals surface area contributed by atoms with Crippen LogP contribution < -0.4 is 9.62 Å². The number of carbonyl (C=O) groups is 2. The summed E-state index contributed by atoms with van der Waals surface area (Å²) in [6, 6.07) is 16.7. The molecule has 0 radical (unpaired) electrons. The van der Waals surface area contributed by atoms with Crippen LogP contribution in [0, 0.1) is 6.92 Å². The number of amides is 2. The van der Waals surface area contributed by atoms with Crippen molar-refractivity contribution in [1.82, 2.24) is 10.2 Å². The Morgan fingerprint density at radius 3 is 2.13 bits per heavy atom. The number of nitrogens with one attached hydrogen (secondary N) is 1. The summed E-state index contributed by atoms with van der Waals surface area (Å²) in [4.78, 5) is 28.4. The second-order valence-corrected chi connectivity index (χ2v) is 11.9. The lowest BCUT2D eigenvalue weighted by Crippen LogP contribution is -2.52. The summed E-state index contributed by atoms with van der Waals surface area (Å²) in [7, 11) is -4.18. The predicted octanol–water partition coefficient (Wildman–Crippen LogP) is 6.09. The SMILES string of the molecule is CCNC(=O)[C@@H](CC)N(Cc1c(Cl)cccc1Cl)C(=O)CN(c1ccc(Cl)cc1C)S(=O)(=O)c1ccccc1. The molecule has 0 saturated heterocycles. The van der Waals surface area contributed by atoms with Crippen molar-refractivity contribution in [1.29, 1.82) is 0 Å². The monoisotopic (exact) mass is 609 g/mol. The molecule has 3 aromatic rings. The van der Waals surface area contributed by atoms with Gasteiger partial charge >= 0.3 is 0 Å². The third-order valence-corrected chi connectivity index (χ3v) is 8.88. The molecule has 1 N–H and O–H groups in total. The summed E-state index contributed by atoms with van der Waals surface area (Å²) >= 11 is 19.0. The normalized spacial score (nSPS) is 12.1. The Balaban J connectivity index is 2.12. The van der Waals surface area contributed by atoms with Crippen molar-refractivity contribution in [2.24, 2.45) is 0 Å². The van der Waals surface area contributed by atoms with E-state index in [1.54, 1.807) is 75.4 Å². The zero-order valence-electron chi connectivity index (χ0n) is 21.8. The van der Waals surface area contributed by atoms with Gasteiger partial charge in [0.15, 0.2) is 0 Å². The molecule has 0 saturated carbocycles. The molecule has 0 bridgehead atoms. The van der Waals surface area contributed by atoms with Crippen molar-refractivity contribution in [2.75, 3.05) is 17.4 Å². The topological polar surface area (TPSA) is 86.8 Å². The Bertz CT molecular complexity index is 1410. The van der Waals surface area contributed by atoms with Gasteiger partial charge in [0.1, 0.15) is 12.6 Å². The number of anilines is 1. The van der Waals surface area contributed by atoms with Crippen molar-refractivity contribution >= 4 is 62.3 Å². The van der Waals surface area contributed by atoms with E-state index in [4.69, 9.17) is 34.8 Å². The van der Waals surface area contributed by atoms with Gasteiger partial charge in [-0.15, -0.1) is 0 Å². The molecule has 1 atom stereocenters. The molecule has 7 nitrogen and oxygen atoms in total. The minimum absolute atomic E-state index is 0.0172. The molecule has 208 valence electrons. The van der Waals surface area contributed by atoms with Gasteiger partial charge in [0.2, 0.25) is 11.8 Å². The molecule has 0 aliphatic rings. The first-order valence-corrected chi connectivity index (χ1v) is 14.9. The minimum atomic E-state index is -4.18. The van der Waals surface area contributed by atoms with Crippen LogP contribution >= 0.6 is 34.8 Å². The third kappa shape index (κ3) is 7.25. The maximum absolute atomic E-state index is 14.0. The smallest absolute Gasteiger partial charge is 0.264 e. The molecular weight excluding hydrogens is 581 g/mol. The highest BCUT2D eigenvalue weighted by molar-refractivity contribution is 7.92. The number of rotatable bonds is 11. The van der Waals surface area contributed by atoms with Crippen LogP contribution in [0.5, 0.6) is 0 Å². The van der Waals surface area contributed by atoms with Crippen molar-refractivity contribution in [2.45, 2.75) is 44.7 Å². The molecular formula is C28H30Cl3N3O4S. The Labute approximate surface area is 244 Å². The second-order valence-electron chi connectivity index (χ2n) is 8.80. The number of hydrogen-bond donors (Lipinski definition) is 1. The number of hydrogen-bond acceptors (Lipinski definition) is 4. The van der Waals surface area contributed by atoms with Gasteiger partial charge in [-0.2, -0.15) is 0 Å². The summed E-state index contributed by atoms with van der Waals surface area (Å²) in [6.45, 7) is 4.96. The molecule has 0 aromatic heterocycles. The highest BCUT2D eigenvalue weighted by Gasteiger charge is 2.34. The first-order chi connectivity index (χ1) is 18.5. The van der Waals surface area contributed by atoms with Crippen molar-refractivity contribution in [3.8, 4) is 0 Å². The molecule has 0 unspecified atom stereocenters. The van der Waals surface area contributed by atoms with Crippen molar-refractivity contribution < 1.29 is 18.0 Å². The summed E-state index contributed by atoms with van der Waals surface area (Å²) in [5.74, 6) is -0.963. The highest BCUT2D eigenvalue weighted by atomic mass is 35.5. The van der Waals surface area contributed by atoms with Gasteiger partial charge in [-0.3, -0.25) is 13.9 Å². The Hall–Kier alpha value is -2.78. The van der Waals surface area contributed by atoms with Gasteiger partial charge in [0, 0.05) is 33.7 Å². The van der Waals surface area contributed by atoms with Crippen molar-refractivity contribution in [3.63, 3.8) is 0 Å². The van der Waals surface area contributed by atoms with E-state index in [1.165, 1.54) is 17.0 Å². The van der Waals surface area contributed by atoms with Crippen LogP contribution in [-0.2, 0) is 26.2 Å². The maximum Gasteiger partial charge on any atom is 0.264 e. The maximum atomic E-state index is 14.0. The van der Waals surface area contributed by atoms with Crippen LogP contribution in [0.2, 0.25) is 15.1 Å². The molecule has 0 aliphatic heterocycles. The van der Waals surface area contributed by atoms with Crippen LogP contribution in [0.25, 0.3) is 0 Å². The zero-order valence-corrected chi connectivity index (χ0v) is 24.9. The van der Waals surface area contributed by atoms with E-state index in [-0.39, 0.29) is 23.8 Å². The Kier molecular flexibility index (Phi) is 10.7. The number of carbonyl (C=O) groups excluding carboxylic acids is 2. The lowest BCUT2D eigenvalue weighted by molar-refractivity contribution is -0.140. The number of sulfonamides is 1. The number of nitrogens with zero attached hydrogens (tertiary/aromatic N) is 2. The number of benzene rings is 3. The zero-order chi connectivity index (χ0) is 28.7. The van der Waals surface area contributed by atoms with Gasteiger partial charge in [0.05, 0.1) is 10.6 Å². The van der Waals surface area contributed by atoms with Crippen LogP contribution in [0.15, 0.2) is 71.6 Å². The van der Waals surface area contributed by atoms with Gasteiger partial charge in [-0.05, 0) is 68.3 Å². The average Bonchev–Trinajstić information content (AvgIpc) is 2.89. The lowest BCUT2D eigenvalue weighted by Gasteiger charge is -2.34. The van der Waals surface area contributed by atoms with Gasteiger partial charge < -0.3 is 10.2 Å². The fraction of sp³-hybridized carbons (Fsp3) is 0.286. The number of halogens is 3. The molecule has 0 aliphatic carbocycles. The fourth-order valence-electron chi connectivity index (χ4n) is 4.20. The second kappa shape index (κ2) is 13.5. The van der Waals surface area contributed by atoms with E-state index in [2.05, 4.69) is 5.32 Å². The molecule has 2 amide bonds. The molecule has 3 aromatic carbocycles. The summed E-state index contributed by atoms with van der Waals surface area (Å²) < 4.78 is 28.8. The van der Waals surface area contributed by atoms with Crippen LogP contribution in [0.4, 0.5) is 5.69 Å². The van der Waals surface area contributed by atoms with E-state index in [9.17, 15) is 18.0 Å². The number of likely N-dealkylation sites (N-methyl/N-ethyl adjacent to an activating group) is 1. The Morgan fingerprint density at radius 1 is 0.923 bits per heavy atom. The standard InChI is InChI=1S/C28H30Cl3N3O4S/c1-4-25(28(36)32-5-2)33(17-22-23(30)12-9-13-24(22)31)27(35)18-34(26-15-14-20(29)16-19(26)3)39(37,38)21-10-7-6-8-11-21/h6-16,25H,4-5,17-18H2,1-3H3,(H,32,36)/t25-/m1/s1. The Morgan fingerprint density at radius 2 is 1.56 bits per heavy atom. The average molecular weight is 611 g/mol. The van der Waals surface area contributed by atoms with Gasteiger partial charge in [-0.1, -0.05) is 66.0 Å². The van der Waals surface area contributed by atoms with Crippen LogP contribution in [0.3, 0.4) is 0 Å². The minimum Gasteiger partial charge on any atom is -0.355 e. The predicted molar refractivity (Wildman–Crippen MR) is 157 cm³/mol. The molecule has 0 heterocycles. The van der Waals surface area contributed by atoms with Crippen LogP contribution in [-0.4, -0.2) is 44.3 Å². The summed E-state index contributed by atoms with van der Waals surface area (Å²) in [5.41, 5.74) is 1.31. The summed E-state index contributed by atoms with van der Waals surface area (Å²) in [6.07, 6.45) is 0.283. The third-order valence-electron chi connectivity index (χ3n) is 6.16. The van der Waals surface area contributed by atoms with E-state index >= 15 is 0 Å². The first-order valence-electron chi connectivity index (χ1n) is 12.3. The molecule has 0 fully saturated rings. The largest absolute Gasteiger partial charge is 0.355 e. The van der Waals surface area contributed by atoms with Crippen LogP contribution in [0.1, 0.15) is 31.4 Å². The lowest BCUT2D eigenvalue weighted by atomic mass is 10.1. The van der Waals surface area contributed by atoms with E-state index in [1.807, 2.05) is 0 Å². The van der Waals surface area contributed by atoms with E-state index in [0.29, 0.717) is 38.4 Å². The van der Waals surface area contributed by atoms with Gasteiger partial charge in [-0.25, -0.2) is 8.42 Å².